The van der Waals surface area contributed by atoms with Crippen LogP contribution in [0.2, 0.25) is 0 Å². The van der Waals surface area contributed by atoms with Crippen LogP contribution in [0.15, 0.2) is 29.2 Å². The molecule has 0 radical (unpaired) electrons. The smallest absolute Gasteiger partial charge is 0.227 e. The fourth-order valence-electron chi connectivity index (χ4n) is 1.48. The first kappa shape index (κ1) is 9.74. The molecule has 1 aromatic carbocycles. The van der Waals surface area contributed by atoms with E-state index in [4.69, 9.17) is 4.74 Å². The summed E-state index contributed by atoms with van der Waals surface area (Å²) in [5, 5.41) is 0.0971. The second kappa shape index (κ2) is 3.75. The van der Waals surface area contributed by atoms with E-state index in [1.165, 1.54) is 11.8 Å². The van der Waals surface area contributed by atoms with Gasteiger partial charge in [0.25, 0.3) is 0 Å². The van der Waals surface area contributed by atoms with Crippen LogP contribution in [0.1, 0.15) is 25.5 Å². The minimum absolute atomic E-state index is 0.0794. The first-order chi connectivity index (χ1) is 6.68. The average Bonchev–Trinajstić information content (AvgIpc) is 2.43. The van der Waals surface area contributed by atoms with Crippen LogP contribution in [-0.2, 0) is 9.53 Å². The fraction of sp³-hybridized carbons (Fsp3) is 0.364. The number of ether oxygens (including phenoxy) is 1. The molecule has 2 rings (SSSR count). The Kier molecular flexibility index (Phi) is 2.61. The van der Waals surface area contributed by atoms with Gasteiger partial charge in [-0.2, -0.15) is 0 Å². The number of hydrogen-bond acceptors (Lipinski definition) is 3. The van der Waals surface area contributed by atoms with E-state index in [9.17, 15) is 4.79 Å². The molecule has 0 spiro atoms. The van der Waals surface area contributed by atoms with Crippen molar-refractivity contribution in [2.24, 2.45) is 0 Å². The van der Waals surface area contributed by atoms with Crippen molar-refractivity contribution < 1.29 is 9.53 Å². The molecule has 2 nitrogen and oxygen atoms in total. The van der Waals surface area contributed by atoms with Crippen LogP contribution in [0, 0.1) is 0 Å². The highest BCUT2D eigenvalue weighted by molar-refractivity contribution is 8.14. The molecule has 0 saturated heterocycles. The van der Waals surface area contributed by atoms with Crippen molar-refractivity contribution in [1.29, 1.82) is 0 Å². The normalized spacial score (nSPS) is 20.2. The number of hydrogen-bond donors (Lipinski definition) is 0. The Morgan fingerprint density at radius 3 is 2.79 bits per heavy atom. The van der Waals surface area contributed by atoms with Crippen LogP contribution in [0.25, 0.3) is 0 Å². The van der Waals surface area contributed by atoms with E-state index >= 15 is 0 Å². The zero-order valence-corrected chi connectivity index (χ0v) is 9.01. The van der Waals surface area contributed by atoms with Crippen LogP contribution in [0.4, 0.5) is 0 Å². The highest BCUT2D eigenvalue weighted by Gasteiger charge is 2.32. The minimum atomic E-state index is -0.365. The lowest BCUT2D eigenvalue weighted by atomic mass is 10.1. The van der Waals surface area contributed by atoms with Crippen LogP contribution in [0.5, 0.6) is 0 Å². The van der Waals surface area contributed by atoms with Gasteiger partial charge in [-0.15, -0.1) is 0 Å². The second-order valence-corrected chi connectivity index (χ2v) is 4.57. The Morgan fingerprint density at radius 2 is 2.07 bits per heavy atom. The highest BCUT2D eigenvalue weighted by Crippen LogP contribution is 2.41. The maximum absolute atomic E-state index is 11.6. The number of carbonyl (C=O) groups is 1. The quantitative estimate of drug-likeness (QED) is 0.747. The maximum atomic E-state index is 11.6. The van der Waals surface area contributed by atoms with Gasteiger partial charge in [-0.1, -0.05) is 18.2 Å². The van der Waals surface area contributed by atoms with Gasteiger partial charge in [0.1, 0.15) is 0 Å². The number of thioether (sulfide) groups is 1. The molecule has 0 aromatic heterocycles. The molecule has 1 aliphatic heterocycles. The molecular weight excluding hydrogens is 196 g/mol. The summed E-state index contributed by atoms with van der Waals surface area (Å²) in [7, 11) is 0. The third kappa shape index (κ3) is 1.70. The third-order valence-electron chi connectivity index (χ3n) is 2.03. The van der Waals surface area contributed by atoms with Crippen molar-refractivity contribution in [2.45, 2.75) is 31.0 Å². The lowest BCUT2D eigenvalue weighted by molar-refractivity contribution is -0.124. The predicted molar refractivity (Wildman–Crippen MR) is 56.3 cm³/mol. The summed E-state index contributed by atoms with van der Waals surface area (Å²) in [5.74, 6) is 0. The molecule has 0 fully saturated rings. The molecule has 74 valence electrons. The van der Waals surface area contributed by atoms with Crippen molar-refractivity contribution in [3.63, 3.8) is 0 Å². The van der Waals surface area contributed by atoms with Crippen molar-refractivity contribution >= 4 is 16.9 Å². The van der Waals surface area contributed by atoms with E-state index in [1.54, 1.807) is 0 Å². The SMILES string of the molecule is CC(C)OC1C(=O)Sc2ccccc21. The van der Waals surface area contributed by atoms with Gasteiger partial charge in [-0.25, -0.2) is 0 Å². The van der Waals surface area contributed by atoms with Gasteiger partial charge >= 0.3 is 0 Å². The van der Waals surface area contributed by atoms with Gasteiger partial charge in [0.05, 0.1) is 6.10 Å². The van der Waals surface area contributed by atoms with E-state index in [0.717, 1.165) is 10.5 Å². The van der Waals surface area contributed by atoms with Crippen LogP contribution in [-0.4, -0.2) is 11.2 Å². The Morgan fingerprint density at radius 1 is 1.36 bits per heavy atom. The molecule has 1 aromatic rings. The number of fused-ring (bicyclic) bond motifs is 1. The summed E-state index contributed by atoms with van der Waals surface area (Å²) in [6.07, 6.45) is -0.285. The van der Waals surface area contributed by atoms with E-state index in [-0.39, 0.29) is 17.3 Å². The Balaban J connectivity index is 2.30. The Hall–Kier alpha value is -0.800. The monoisotopic (exact) mass is 208 g/mol. The molecule has 14 heavy (non-hydrogen) atoms. The van der Waals surface area contributed by atoms with Gasteiger partial charge < -0.3 is 4.74 Å². The largest absolute Gasteiger partial charge is 0.362 e. The van der Waals surface area contributed by atoms with E-state index in [1.807, 2.05) is 38.1 Å². The summed E-state index contributed by atoms with van der Waals surface area (Å²) in [4.78, 5) is 12.6. The zero-order chi connectivity index (χ0) is 10.1. The van der Waals surface area contributed by atoms with Crippen molar-refractivity contribution in [1.82, 2.24) is 0 Å². The molecule has 0 N–H and O–H groups in total. The number of benzene rings is 1. The molecule has 0 aliphatic carbocycles. The summed E-state index contributed by atoms with van der Waals surface area (Å²) in [6, 6.07) is 7.80. The van der Waals surface area contributed by atoms with Gasteiger partial charge in [0.15, 0.2) is 6.10 Å². The average molecular weight is 208 g/mol. The zero-order valence-electron chi connectivity index (χ0n) is 8.19. The van der Waals surface area contributed by atoms with Gasteiger partial charge in [0, 0.05) is 10.5 Å². The molecule has 0 amide bonds. The van der Waals surface area contributed by atoms with Crippen molar-refractivity contribution in [3.05, 3.63) is 29.8 Å². The summed E-state index contributed by atoms with van der Waals surface area (Å²) in [6.45, 7) is 3.89. The van der Waals surface area contributed by atoms with Gasteiger partial charge in [-0.05, 0) is 31.7 Å². The Labute approximate surface area is 87.6 Å². The highest BCUT2D eigenvalue weighted by atomic mass is 32.2. The standard InChI is InChI=1S/C11H12O2S/c1-7(2)13-10-8-5-3-4-6-9(8)14-11(10)12/h3-7,10H,1-2H3. The lowest BCUT2D eigenvalue weighted by Gasteiger charge is -2.13. The van der Waals surface area contributed by atoms with Crippen LogP contribution in [0.3, 0.4) is 0 Å². The molecular formula is C11H12O2S. The Bertz CT molecular complexity index is 360. The molecule has 0 saturated carbocycles. The maximum Gasteiger partial charge on any atom is 0.227 e. The minimum Gasteiger partial charge on any atom is -0.362 e. The molecule has 1 atom stereocenters. The summed E-state index contributed by atoms with van der Waals surface area (Å²) in [5.41, 5.74) is 1.01. The van der Waals surface area contributed by atoms with Crippen molar-refractivity contribution in [2.75, 3.05) is 0 Å². The fourth-order valence-corrected chi connectivity index (χ4v) is 2.43. The number of rotatable bonds is 2. The first-order valence-electron chi connectivity index (χ1n) is 4.64. The van der Waals surface area contributed by atoms with Crippen LogP contribution < -0.4 is 0 Å². The summed E-state index contributed by atoms with van der Waals surface area (Å²) >= 11 is 1.28. The molecule has 1 heterocycles. The lowest BCUT2D eigenvalue weighted by Crippen LogP contribution is -2.13. The second-order valence-electron chi connectivity index (χ2n) is 3.52. The third-order valence-corrected chi connectivity index (χ3v) is 3.04. The topological polar surface area (TPSA) is 26.3 Å². The first-order valence-corrected chi connectivity index (χ1v) is 5.46. The van der Waals surface area contributed by atoms with E-state index < -0.39 is 0 Å². The predicted octanol–water partition coefficient (Wildman–Crippen LogP) is 2.79. The van der Waals surface area contributed by atoms with Crippen LogP contribution >= 0.6 is 11.8 Å². The number of carbonyl (C=O) groups excluding carboxylic acids is 1. The van der Waals surface area contributed by atoms with Gasteiger partial charge in [-0.3, -0.25) is 4.79 Å². The molecule has 3 heteroatoms. The molecule has 0 bridgehead atoms. The van der Waals surface area contributed by atoms with E-state index in [0.29, 0.717) is 0 Å². The molecule has 1 aliphatic rings. The van der Waals surface area contributed by atoms with Gasteiger partial charge in [0.2, 0.25) is 5.12 Å². The van der Waals surface area contributed by atoms with Crippen molar-refractivity contribution in [3.8, 4) is 0 Å². The van der Waals surface area contributed by atoms with E-state index in [2.05, 4.69) is 0 Å². The molecule has 1 unspecified atom stereocenters. The summed E-state index contributed by atoms with van der Waals surface area (Å²) < 4.78 is 5.58.